The number of rotatable bonds is 5. The Morgan fingerprint density at radius 2 is 2.05 bits per heavy atom. The molecule has 104 valence electrons. The van der Waals surface area contributed by atoms with Gasteiger partial charge >= 0.3 is 5.97 Å². The molecule has 1 amide bonds. The van der Waals surface area contributed by atoms with Crippen LogP contribution in [-0.4, -0.2) is 44.1 Å². The number of nitrogens with two attached hydrogens (primary N) is 1. The molecule has 0 atom stereocenters. The lowest BCUT2D eigenvalue weighted by Crippen LogP contribution is -2.32. The van der Waals surface area contributed by atoms with Crippen LogP contribution in [0.2, 0.25) is 0 Å². The number of hydrogen-bond donors (Lipinski definition) is 1. The molecule has 1 rings (SSSR count). The van der Waals surface area contributed by atoms with Crippen molar-refractivity contribution in [3.8, 4) is 5.75 Å². The summed E-state index contributed by atoms with van der Waals surface area (Å²) in [5.74, 6) is -0.246. The van der Waals surface area contributed by atoms with E-state index >= 15 is 0 Å². The van der Waals surface area contributed by atoms with Crippen molar-refractivity contribution in [3.05, 3.63) is 23.8 Å². The molecule has 0 aliphatic heterocycles. The van der Waals surface area contributed by atoms with Gasteiger partial charge in [0.2, 0.25) is 0 Å². The largest absolute Gasteiger partial charge is 0.492 e. The SMILES string of the molecule is CCOc1ccc(C(=O)N(C)CC(=O)OC)cc1N. The lowest BCUT2D eigenvalue weighted by Gasteiger charge is -2.16. The van der Waals surface area contributed by atoms with Crippen LogP contribution in [0.5, 0.6) is 5.75 Å². The number of nitrogen functional groups attached to an aromatic ring is 1. The van der Waals surface area contributed by atoms with Crippen molar-refractivity contribution in [3.63, 3.8) is 0 Å². The first-order chi connectivity index (χ1) is 8.99. The summed E-state index contributed by atoms with van der Waals surface area (Å²) in [7, 11) is 2.79. The molecule has 6 heteroatoms. The fraction of sp³-hybridized carbons (Fsp3) is 0.385. The molecule has 0 bridgehead atoms. The second-order valence-electron chi connectivity index (χ2n) is 3.92. The van der Waals surface area contributed by atoms with Gasteiger partial charge in [0.25, 0.3) is 5.91 Å². The number of amides is 1. The number of hydrogen-bond acceptors (Lipinski definition) is 5. The van der Waals surface area contributed by atoms with E-state index in [-0.39, 0.29) is 12.5 Å². The second kappa shape index (κ2) is 6.63. The molecule has 0 fully saturated rings. The molecule has 0 saturated heterocycles. The Labute approximate surface area is 112 Å². The normalized spacial score (nSPS) is 9.84. The lowest BCUT2D eigenvalue weighted by atomic mass is 10.1. The van der Waals surface area contributed by atoms with E-state index in [1.165, 1.54) is 25.1 Å². The number of methoxy groups -OCH3 is 1. The van der Waals surface area contributed by atoms with Crippen LogP contribution in [0.4, 0.5) is 5.69 Å². The summed E-state index contributed by atoms with van der Waals surface area (Å²) in [5, 5.41) is 0. The van der Waals surface area contributed by atoms with E-state index in [0.717, 1.165) is 0 Å². The Morgan fingerprint density at radius 3 is 2.58 bits per heavy atom. The molecule has 0 aromatic heterocycles. The van der Waals surface area contributed by atoms with Gasteiger partial charge in [-0.25, -0.2) is 0 Å². The molecule has 2 N–H and O–H groups in total. The fourth-order valence-electron chi connectivity index (χ4n) is 1.52. The zero-order chi connectivity index (χ0) is 14.4. The number of esters is 1. The summed E-state index contributed by atoms with van der Waals surface area (Å²) < 4.78 is 9.79. The van der Waals surface area contributed by atoms with E-state index in [9.17, 15) is 9.59 Å². The van der Waals surface area contributed by atoms with Gasteiger partial charge in [-0.05, 0) is 25.1 Å². The zero-order valence-corrected chi connectivity index (χ0v) is 11.3. The Bertz CT molecular complexity index is 474. The molecule has 0 unspecified atom stereocenters. The predicted octanol–water partition coefficient (Wildman–Crippen LogP) is 0.912. The highest BCUT2D eigenvalue weighted by Crippen LogP contribution is 2.23. The number of carbonyl (C=O) groups excluding carboxylic acids is 2. The van der Waals surface area contributed by atoms with Gasteiger partial charge in [0, 0.05) is 12.6 Å². The smallest absolute Gasteiger partial charge is 0.325 e. The minimum absolute atomic E-state index is 0.109. The van der Waals surface area contributed by atoms with Crippen LogP contribution >= 0.6 is 0 Å². The van der Waals surface area contributed by atoms with E-state index in [1.807, 2.05) is 6.92 Å². The van der Waals surface area contributed by atoms with Crippen LogP contribution in [0.15, 0.2) is 18.2 Å². The van der Waals surface area contributed by atoms with Gasteiger partial charge < -0.3 is 20.1 Å². The molecular formula is C13H18N2O4. The van der Waals surface area contributed by atoms with E-state index in [2.05, 4.69) is 4.74 Å². The van der Waals surface area contributed by atoms with E-state index in [4.69, 9.17) is 10.5 Å². The van der Waals surface area contributed by atoms with Crippen LogP contribution in [0.25, 0.3) is 0 Å². The summed E-state index contributed by atoms with van der Waals surface area (Å²) in [6.07, 6.45) is 0. The first-order valence-corrected chi connectivity index (χ1v) is 5.84. The van der Waals surface area contributed by atoms with Gasteiger partial charge in [0.1, 0.15) is 12.3 Å². The predicted molar refractivity (Wildman–Crippen MR) is 71.0 cm³/mol. The van der Waals surface area contributed by atoms with Crippen molar-refractivity contribution in [1.82, 2.24) is 4.90 Å². The average Bonchev–Trinajstić information content (AvgIpc) is 2.40. The summed E-state index contributed by atoms with van der Waals surface area (Å²) in [5.41, 5.74) is 6.57. The van der Waals surface area contributed by atoms with Crippen LogP contribution < -0.4 is 10.5 Å². The quantitative estimate of drug-likeness (QED) is 0.633. The molecule has 0 aliphatic carbocycles. The maximum atomic E-state index is 12.0. The third kappa shape index (κ3) is 3.87. The average molecular weight is 266 g/mol. The minimum Gasteiger partial charge on any atom is -0.492 e. The number of ether oxygens (including phenoxy) is 2. The molecule has 0 spiro atoms. The Kier molecular flexibility index (Phi) is 5.17. The topological polar surface area (TPSA) is 81.9 Å². The summed E-state index contributed by atoms with van der Waals surface area (Å²) >= 11 is 0. The fourth-order valence-corrected chi connectivity index (χ4v) is 1.52. The van der Waals surface area contributed by atoms with Crippen LogP contribution in [0.3, 0.4) is 0 Å². The zero-order valence-electron chi connectivity index (χ0n) is 11.3. The Hall–Kier alpha value is -2.24. The van der Waals surface area contributed by atoms with Crippen molar-refractivity contribution < 1.29 is 19.1 Å². The maximum absolute atomic E-state index is 12.0. The molecule has 0 saturated carbocycles. The first kappa shape index (κ1) is 14.8. The number of benzene rings is 1. The standard InChI is InChI=1S/C13H18N2O4/c1-4-19-11-6-5-9(7-10(11)14)13(17)15(2)8-12(16)18-3/h5-7H,4,8,14H2,1-3H3. The number of carbonyl (C=O) groups is 2. The van der Waals surface area contributed by atoms with Gasteiger partial charge in [-0.3, -0.25) is 9.59 Å². The van der Waals surface area contributed by atoms with Gasteiger partial charge in [-0.2, -0.15) is 0 Å². The first-order valence-electron chi connectivity index (χ1n) is 5.84. The van der Waals surface area contributed by atoms with Crippen molar-refractivity contribution in [2.75, 3.05) is 33.0 Å². The molecule has 0 heterocycles. The number of anilines is 1. The second-order valence-corrected chi connectivity index (χ2v) is 3.92. The van der Waals surface area contributed by atoms with Crippen molar-refractivity contribution >= 4 is 17.6 Å². The van der Waals surface area contributed by atoms with E-state index < -0.39 is 5.97 Å². The third-order valence-corrected chi connectivity index (χ3v) is 2.50. The highest BCUT2D eigenvalue weighted by molar-refractivity contribution is 5.96. The van der Waals surface area contributed by atoms with Gasteiger partial charge in [0.15, 0.2) is 0 Å². The lowest BCUT2D eigenvalue weighted by molar-refractivity contribution is -0.141. The molecule has 1 aromatic rings. The number of nitrogens with zero attached hydrogens (tertiary/aromatic N) is 1. The van der Waals surface area contributed by atoms with Crippen LogP contribution in [0, 0.1) is 0 Å². The Balaban J connectivity index is 2.82. The van der Waals surface area contributed by atoms with Gasteiger partial charge in [0.05, 0.1) is 19.4 Å². The molecule has 1 aromatic carbocycles. The van der Waals surface area contributed by atoms with Crippen molar-refractivity contribution in [1.29, 1.82) is 0 Å². The van der Waals surface area contributed by atoms with Crippen molar-refractivity contribution in [2.24, 2.45) is 0 Å². The maximum Gasteiger partial charge on any atom is 0.325 e. The summed E-state index contributed by atoms with van der Waals surface area (Å²) in [4.78, 5) is 24.4. The molecule has 0 radical (unpaired) electrons. The third-order valence-electron chi connectivity index (χ3n) is 2.50. The molecule has 6 nitrogen and oxygen atoms in total. The highest BCUT2D eigenvalue weighted by atomic mass is 16.5. The summed E-state index contributed by atoms with van der Waals surface area (Å²) in [6, 6.07) is 4.77. The monoisotopic (exact) mass is 266 g/mol. The number of likely N-dealkylation sites (N-methyl/N-ethyl adjacent to an activating group) is 1. The highest BCUT2D eigenvalue weighted by Gasteiger charge is 2.16. The van der Waals surface area contributed by atoms with E-state index in [1.54, 1.807) is 12.1 Å². The minimum atomic E-state index is -0.477. The van der Waals surface area contributed by atoms with Crippen LogP contribution in [-0.2, 0) is 9.53 Å². The van der Waals surface area contributed by atoms with Gasteiger partial charge in [-0.15, -0.1) is 0 Å². The van der Waals surface area contributed by atoms with E-state index in [0.29, 0.717) is 23.6 Å². The summed E-state index contributed by atoms with van der Waals surface area (Å²) in [6.45, 7) is 2.24. The van der Waals surface area contributed by atoms with Crippen LogP contribution in [0.1, 0.15) is 17.3 Å². The molecular weight excluding hydrogens is 248 g/mol. The van der Waals surface area contributed by atoms with Crippen molar-refractivity contribution in [2.45, 2.75) is 6.92 Å². The Morgan fingerprint density at radius 1 is 1.37 bits per heavy atom. The molecule has 19 heavy (non-hydrogen) atoms. The molecule has 0 aliphatic rings. The van der Waals surface area contributed by atoms with Gasteiger partial charge in [-0.1, -0.05) is 0 Å².